The summed E-state index contributed by atoms with van der Waals surface area (Å²) in [5, 5.41) is 17.7. The van der Waals surface area contributed by atoms with Gasteiger partial charge >= 0.3 is 0 Å². The number of anilines is 2. The lowest BCUT2D eigenvalue weighted by molar-refractivity contribution is 0.627. The third-order valence-electron chi connectivity index (χ3n) is 5.60. The van der Waals surface area contributed by atoms with Gasteiger partial charge in [-0.05, 0) is 56.0 Å². The van der Waals surface area contributed by atoms with E-state index in [9.17, 15) is 9.65 Å². The molecule has 6 nitrogen and oxygen atoms in total. The number of hydrogen-bond donors (Lipinski definition) is 1. The van der Waals surface area contributed by atoms with Gasteiger partial charge < -0.3 is 4.90 Å². The minimum Gasteiger partial charge on any atom is -0.329 e. The molecule has 0 amide bonds. The SMILES string of the molecule is CN(c1cccc(F)c1)c1nc(-c2n[nH]c3cccc(C#N)c23)nc2c1CCCC2. The maximum Gasteiger partial charge on any atom is 0.183 e. The van der Waals surface area contributed by atoms with Gasteiger partial charge in [0, 0.05) is 29.4 Å². The van der Waals surface area contributed by atoms with Gasteiger partial charge in [0.1, 0.15) is 17.3 Å². The highest BCUT2D eigenvalue weighted by molar-refractivity contribution is 5.95. The van der Waals surface area contributed by atoms with Gasteiger partial charge in [0.05, 0.1) is 17.1 Å². The smallest absolute Gasteiger partial charge is 0.183 e. The first-order valence-corrected chi connectivity index (χ1v) is 9.92. The van der Waals surface area contributed by atoms with Crippen molar-refractivity contribution in [3.63, 3.8) is 0 Å². The Hall–Kier alpha value is -3.79. The van der Waals surface area contributed by atoms with E-state index in [1.807, 2.05) is 30.1 Å². The Balaban J connectivity index is 1.72. The van der Waals surface area contributed by atoms with Crippen LogP contribution in [0.25, 0.3) is 22.4 Å². The van der Waals surface area contributed by atoms with Gasteiger partial charge in [-0.3, -0.25) is 5.10 Å². The number of rotatable bonds is 3. The molecule has 30 heavy (non-hydrogen) atoms. The zero-order valence-corrected chi connectivity index (χ0v) is 16.5. The molecule has 0 fully saturated rings. The number of fused-ring (bicyclic) bond motifs is 2. The molecule has 0 atom stereocenters. The molecule has 7 heteroatoms. The molecule has 4 aromatic rings. The van der Waals surface area contributed by atoms with Crippen LogP contribution in [0, 0.1) is 17.1 Å². The van der Waals surface area contributed by atoms with Crippen molar-refractivity contribution >= 4 is 22.4 Å². The van der Waals surface area contributed by atoms with E-state index in [1.165, 1.54) is 12.1 Å². The lowest BCUT2D eigenvalue weighted by atomic mass is 9.95. The number of nitriles is 1. The van der Waals surface area contributed by atoms with Crippen LogP contribution in [0.2, 0.25) is 0 Å². The fourth-order valence-corrected chi connectivity index (χ4v) is 4.09. The maximum absolute atomic E-state index is 13.8. The Morgan fingerprint density at radius 1 is 1.10 bits per heavy atom. The van der Waals surface area contributed by atoms with Gasteiger partial charge in [-0.1, -0.05) is 12.1 Å². The first-order chi connectivity index (χ1) is 14.7. The number of H-pyrrole nitrogens is 1. The summed E-state index contributed by atoms with van der Waals surface area (Å²) in [5.74, 6) is 0.938. The first kappa shape index (κ1) is 18.3. The number of nitrogens with zero attached hydrogens (tertiary/aromatic N) is 5. The van der Waals surface area contributed by atoms with Gasteiger partial charge in [-0.2, -0.15) is 10.4 Å². The molecule has 0 saturated carbocycles. The van der Waals surface area contributed by atoms with Gasteiger partial charge in [0.15, 0.2) is 5.82 Å². The predicted molar refractivity (Wildman–Crippen MR) is 113 cm³/mol. The normalized spacial score (nSPS) is 13.1. The summed E-state index contributed by atoms with van der Waals surface area (Å²) >= 11 is 0. The third-order valence-corrected chi connectivity index (χ3v) is 5.60. The summed E-state index contributed by atoms with van der Waals surface area (Å²) < 4.78 is 13.8. The van der Waals surface area contributed by atoms with Crippen LogP contribution >= 0.6 is 0 Å². The van der Waals surface area contributed by atoms with Gasteiger partial charge in [0.25, 0.3) is 0 Å². The first-order valence-electron chi connectivity index (χ1n) is 9.92. The predicted octanol–water partition coefficient (Wildman–Crippen LogP) is 4.68. The molecule has 2 heterocycles. The van der Waals surface area contributed by atoms with Crippen LogP contribution in [0.3, 0.4) is 0 Å². The monoisotopic (exact) mass is 398 g/mol. The number of aromatic nitrogens is 4. The van der Waals surface area contributed by atoms with Crippen molar-refractivity contribution in [1.82, 2.24) is 20.2 Å². The van der Waals surface area contributed by atoms with Crippen molar-refractivity contribution in [3.8, 4) is 17.6 Å². The Labute approximate surface area is 173 Å². The second kappa shape index (κ2) is 7.23. The molecule has 0 saturated heterocycles. The molecule has 0 bridgehead atoms. The van der Waals surface area contributed by atoms with E-state index in [4.69, 9.17) is 9.97 Å². The third kappa shape index (κ3) is 2.98. The van der Waals surface area contributed by atoms with E-state index in [0.29, 0.717) is 17.1 Å². The van der Waals surface area contributed by atoms with Crippen molar-refractivity contribution in [2.75, 3.05) is 11.9 Å². The minimum absolute atomic E-state index is 0.292. The zero-order valence-electron chi connectivity index (χ0n) is 16.5. The van der Waals surface area contributed by atoms with Crippen LogP contribution in [0.1, 0.15) is 29.7 Å². The van der Waals surface area contributed by atoms with E-state index in [1.54, 1.807) is 12.1 Å². The summed E-state index contributed by atoms with van der Waals surface area (Å²) in [7, 11) is 1.89. The van der Waals surface area contributed by atoms with E-state index in [-0.39, 0.29) is 5.82 Å². The van der Waals surface area contributed by atoms with Crippen LogP contribution in [0.15, 0.2) is 42.5 Å². The van der Waals surface area contributed by atoms with Gasteiger partial charge in [-0.15, -0.1) is 0 Å². The summed E-state index contributed by atoms with van der Waals surface area (Å²) in [6.07, 6.45) is 3.89. The molecule has 2 aromatic heterocycles. The molecule has 1 aliphatic rings. The number of nitrogens with one attached hydrogen (secondary N) is 1. The minimum atomic E-state index is -0.292. The molecule has 0 spiro atoms. The molecular weight excluding hydrogens is 379 g/mol. The molecular formula is C23H19FN6. The van der Waals surface area contributed by atoms with Crippen molar-refractivity contribution in [2.24, 2.45) is 0 Å². The maximum atomic E-state index is 13.8. The van der Waals surface area contributed by atoms with Crippen LogP contribution in [0.4, 0.5) is 15.9 Å². The topological polar surface area (TPSA) is 81.5 Å². The molecule has 148 valence electrons. The number of hydrogen-bond acceptors (Lipinski definition) is 5. The molecule has 0 unspecified atom stereocenters. The molecule has 0 aliphatic heterocycles. The van der Waals surface area contributed by atoms with Crippen molar-refractivity contribution in [2.45, 2.75) is 25.7 Å². The number of aryl methyl sites for hydroxylation is 1. The standard InChI is InChI=1S/C23H19FN6/c1-30(16-8-5-7-15(24)12-16)23-17-9-2-3-10-18(17)26-22(27-23)21-20-14(13-25)6-4-11-19(20)28-29-21/h4-8,11-12H,2-3,9-10H2,1H3,(H,28,29). The van der Waals surface area contributed by atoms with Crippen LogP contribution in [-0.2, 0) is 12.8 Å². The highest BCUT2D eigenvalue weighted by Crippen LogP contribution is 2.35. The van der Waals surface area contributed by atoms with Gasteiger partial charge in [-0.25, -0.2) is 14.4 Å². The van der Waals surface area contributed by atoms with Crippen molar-refractivity contribution < 1.29 is 4.39 Å². The van der Waals surface area contributed by atoms with Crippen molar-refractivity contribution in [3.05, 3.63) is 65.1 Å². The zero-order chi connectivity index (χ0) is 20.7. The second-order valence-electron chi connectivity index (χ2n) is 7.45. The molecule has 1 aliphatic carbocycles. The Morgan fingerprint density at radius 3 is 2.77 bits per heavy atom. The number of aromatic amines is 1. The number of benzene rings is 2. The highest BCUT2D eigenvalue weighted by atomic mass is 19.1. The largest absolute Gasteiger partial charge is 0.329 e. The molecule has 1 N–H and O–H groups in total. The Kier molecular flexibility index (Phi) is 4.40. The van der Waals surface area contributed by atoms with Crippen LogP contribution in [-0.4, -0.2) is 27.2 Å². The Morgan fingerprint density at radius 2 is 1.93 bits per heavy atom. The van der Waals surface area contributed by atoms with Gasteiger partial charge in [0.2, 0.25) is 0 Å². The summed E-state index contributed by atoms with van der Waals surface area (Å²) in [4.78, 5) is 11.6. The molecule has 2 aromatic carbocycles. The summed E-state index contributed by atoms with van der Waals surface area (Å²) in [6, 6.07) is 14.2. The van der Waals surface area contributed by atoms with E-state index in [2.05, 4.69) is 16.3 Å². The average molecular weight is 398 g/mol. The van der Waals surface area contributed by atoms with Crippen LogP contribution in [0.5, 0.6) is 0 Å². The quantitative estimate of drug-likeness (QED) is 0.542. The van der Waals surface area contributed by atoms with E-state index < -0.39 is 0 Å². The highest BCUT2D eigenvalue weighted by Gasteiger charge is 2.24. The fourth-order valence-electron chi connectivity index (χ4n) is 4.09. The van der Waals surface area contributed by atoms with Crippen LogP contribution < -0.4 is 4.90 Å². The fraction of sp³-hybridized carbons (Fsp3) is 0.217. The molecule has 0 radical (unpaired) electrons. The average Bonchev–Trinajstić information content (AvgIpc) is 3.22. The lowest BCUT2D eigenvalue weighted by Crippen LogP contribution is -2.19. The van der Waals surface area contributed by atoms with Crippen molar-refractivity contribution in [1.29, 1.82) is 5.26 Å². The Bertz CT molecular complexity index is 1300. The second-order valence-corrected chi connectivity index (χ2v) is 7.45. The summed E-state index contributed by atoms with van der Waals surface area (Å²) in [6.45, 7) is 0. The van der Waals surface area contributed by atoms with E-state index >= 15 is 0 Å². The van der Waals surface area contributed by atoms with E-state index in [0.717, 1.165) is 59.3 Å². The molecule has 5 rings (SSSR count). The lowest BCUT2D eigenvalue weighted by Gasteiger charge is -2.25. The number of halogens is 1. The summed E-state index contributed by atoms with van der Waals surface area (Å²) in [5.41, 5.74) is 4.66.